The fraction of sp³-hybridized carbons (Fsp3) is 0.458. The molecular weight excluding hydrogens is 504 g/mol. The first-order valence-electron chi connectivity index (χ1n) is 11.9. The maximum Gasteiger partial charge on any atom is 0.253 e. The zero-order valence-corrected chi connectivity index (χ0v) is 21.7. The maximum absolute atomic E-state index is 13.3. The summed E-state index contributed by atoms with van der Waals surface area (Å²) in [5.74, 6) is -0.209. The summed E-state index contributed by atoms with van der Waals surface area (Å²) in [7, 11) is -3.80. The van der Waals surface area contributed by atoms with Crippen LogP contribution in [0.5, 0.6) is 0 Å². The Balaban J connectivity index is 1.33. The summed E-state index contributed by atoms with van der Waals surface area (Å²) in [5.41, 5.74) is 0. The second kappa shape index (κ2) is 10.3. The van der Waals surface area contributed by atoms with Gasteiger partial charge in [0.15, 0.2) is 5.13 Å². The van der Waals surface area contributed by atoms with Crippen LogP contribution < -0.4 is 5.32 Å². The average molecular weight is 533 g/mol. The van der Waals surface area contributed by atoms with Gasteiger partial charge in [0.1, 0.15) is 10.3 Å². The summed E-state index contributed by atoms with van der Waals surface area (Å²) in [4.78, 5) is 32.3. The number of benzene rings is 1. The Morgan fingerprint density at radius 3 is 2.69 bits per heavy atom. The number of anilines is 1. The van der Waals surface area contributed by atoms with Crippen LogP contribution in [0.25, 0.3) is 10.1 Å². The molecule has 1 aliphatic heterocycles. The zero-order chi connectivity index (χ0) is 24.4. The third-order valence-corrected chi connectivity index (χ3v) is 10.9. The first-order valence-corrected chi connectivity index (χ1v) is 15.0. The molecule has 35 heavy (non-hydrogen) atoms. The Kier molecular flexibility index (Phi) is 7.19. The second-order valence-corrected chi connectivity index (χ2v) is 13.3. The molecule has 2 fully saturated rings. The van der Waals surface area contributed by atoms with Gasteiger partial charge >= 0.3 is 0 Å². The second-order valence-electron chi connectivity index (χ2n) is 9.11. The maximum atomic E-state index is 13.3. The van der Waals surface area contributed by atoms with Gasteiger partial charge in [-0.15, -0.1) is 22.7 Å². The zero-order valence-electron chi connectivity index (χ0n) is 19.3. The molecule has 0 radical (unpaired) electrons. The number of thiophene rings is 1. The Morgan fingerprint density at radius 1 is 1.17 bits per heavy atom. The molecule has 1 saturated carbocycles. The van der Waals surface area contributed by atoms with E-state index >= 15 is 0 Å². The number of carbonyl (C=O) groups is 2. The Hall–Kier alpha value is -2.34. The van der Waals surface area contributed by atoms with Crippen LogP contribution in [-0.2, 0) is 19.6 Å². The Labute approximate surface area is 213 Å². The highest BCUT2D eigenvalue weighted by atomic mass is 32.2. The molecule has 0 unspecified atom stereocenters. The molecule has 186 valence electrons. The summed E-state index contributed by atoms with van der Waals surface area (Å²) < 4.78 is 29.0. The number of nitrogens with zero attached hydrogens (tertiary/aromatic N) is 3. The van der Waals surface area contributed by atoms with Crippen molar-refractivity contribution in [3.8, 4) is 0 Å². The molecule has 11 heteroatoms. The van der Waals surface area contributed by atoms with Crippen molar-refractivity contribution in [3.05, 3.63) is 41.9 Å². The van der Waals surface area contributed by atoms with E-state index in [1.807, 2.05) is 24.3 Å². The fourth-order valence-electron chi connectivity index (χ4n) is 5.00. The molecule has 3 heterocycles. The monoisotopic (exact) mass is 532 g/mol. The summed E-state index contributed by atoms with van der Waals surface area (Å²) in [6, 6.07) is 8.55. The van der Waals surface area contributed by atoms with Crippen molar-refractivity contribution < 1.29 is 18.0 Å². The van der Waals surface area contributed by atoms with Gasteiger partial charge in [0, 0.05) is 29.4 Å². The number of hydrogen-bond acceptors (Lipinski definition) is 7. The third kappa shape index (κ3) is 5.28. The summed E-state index contributed by atoms with van der Waals surface area (Å²) in [5, 5.41) is 6.01. The third-order valence-electron chi connectivity index (χ3n) is 6.84. The van der Waals surface area contributed by atoms with Crippen LogP contribution in [-0.4, -0.2) is 60.1 Å². The van der Waals surface area contributed by atoms with Crippen molar-refractivity contribution in [2.24, 2.45) is 5.92 Å². The molecule has 1 atom stereocenters. The average Bonchev–Trinajstić information content (AvgIpc) is 3.53. The molecule has 8 nitrogen and oxygen atoms in total. The van der Waals surface area contributed by atoms with Crippen molar-refractivity contribution in [2.75, 3.05) is 25.0 Å². The van der Waals surface area contributed by atoms with Crippen molar-refractivity contribution in [2.45, 2.75) is 48.8 Å². The van der Waals surface area contributed by atoms with E-state index < -0.39 is 16.1 Å². The van der Waals surface area contributed by atoms with Crippen LogP contribution in [0.15, 0.2) is 46.1 Å². The molecule has 2 aliphatic rings. The highest BCUT2D eigenvalue weighted by molar-refractivity contribution is 7.91. The lowest BCUT2D eigenvalue weighted by molar-refractivity contribution is -0.142. The number of rotatable bonds is 7. The topological polar surface area (TPSA) is 99.7 Å². The van der Waals surface area contributed by atoms with Crippen molar-refractivity contribution in [3.63, 3.8) is 0 Å². The van der Waals surface area contributed by atoms with Gasteiger partial charge in [-0.05, 0) is 29.9 Å². The quantitative estimate of drug-likeness (QED) is 0.492. The number of carbonyl (C=O) groups excluding carboxylic acids is 2. The SMILES string of the molecule is O=C(Nc1nccs1)[C@H](CC1CCCCC1)N1CCN(S(=O)(=O)c2cc3ccccc3s2)CC1=O. The van der Waals surface area contributed by atoms with Gasteiger partial charge in [0.2, 0.25) is 11.8 Å². The van der Waals surface area contributed by atoms with Crippen molar-refractivity contribution in [1.29, 1.82) is 0 Å². The molecule has 0 bridgehead atoms. The highest BCUT2D eigenvalue weighted by Crippen LogP contribution is 2.33. The van der Waals surface area contributed by atoms with Gasteiger partial charge < -0.3 is 10.2 Å². The number of fused-ring (bicyclic) bond motifs is 1. The van der Waals surface area contributed by atoms with Crippen LogP contribution in [0, 0.1) is 5.92 Å². The summed E-state index contributed by atoms with van der Waals surface area (Å²) in [6.07, 6.45) is 7.80. The largest absolute Gasteiger partial charge is 0.328 e. The smallest absolute Gasteiger partial charge is 0.253 e. The standard InChI is InChI=1S/C24H28N4O4S3/c29-21-16-27(35(31,32)22-15-18-8-4-5-9-20(18)34-22)11-12-28(21)19(14-17-6-2-1-3-7-17)23(30)26-24-25-10-13-33-24/h4-5,8-10,13,15,17,19H,1-3,6-7,11-12,14,16H2,(H,25,26,30)/t19-/m0/s1. The van der Waals surface area contributed by atoms with E-state index in [0.717, 1.165) is 35.8 Å². The number of hydrogen-bond donors (Lipinski definition) is 1. The molecule has 1 aliphatic carbocycles. The molecule has 1 saturated heterocycles. The predicted molar refractivity (Wildman–Crippen MR) is 138 cm³/mol. The molecule has 5 rings (SSSR count). The van der Waals surface area contributed by atoms with E-state index in [1.165, 1.54) is 33.4 Å². The van der Waals surface area contributed by atoms with E-state index in [-0.39, 0.29) is 35.7 Å². The molecule has 2 aromatic heterocycles. The van der Waals surface area contributed by atoms with Crippen molar-refractivity contribution >= 4 is 59.7 Å². The minimum absolute atomic E-state index is 0.161. The molecular formula is C24H28N4O4S3. The number of sulfonamides is 1. The minimum Gasteiger partial charge on any atom is -0.328 e. The molecule has 0 spiro atoms. The van der Waals surface area contributed by atoms with Crippen molar-refractivity contribution in [1.82, 2.24) is 14.2 Å². The van der Waals surface area contributed by atoms with E-state index in [2.05, 4.69) is 10.3 Å². The number of nitrogens with one attached hydrogen (secondary N) is 1. The van der Waals surface area contributed by atoms with Gasteiger partial charge in [-0.2, -0.15) is 4.31 Å². The first kappa shape index (κ1) is 24.4. The minimum atomic E-state index is -3.80. The fourth-order valence-corrected chi connectivity index (χ4v) is 8.47. The van der Waals surface area contributed by atoms with Gasteiger partial charge in [0.25, 0.3) is 10.0 Å². The molecule has 1 N–H and O–H groups in total. The van der Waals surface area contributed by atoms with Crippen LogP contribution in [0.4, 0.5) is 5.13 Å². The highest BCUT2D eigenvalue weighted by Gasteiger charge is 2.39. The molecule has 3 aromatic rings. The lowest BCUT2D eigenvalue weighted by atomic mass is 9.84. The lowest BCUT2D eigenvalue weighted by Gasteiger charge is -2.39. The Bertz CT molecular complexity index is 1270. The van der Waals surface area contributed by atoms with Crippen LogP contribution in [0.3, 0.4) is 0 Å². The van der Waals surface area contributed by atoms with E-state index in [4.69, 9.17) is 0 Å². The predicted octanol–water partition coefficient (Wildman–Crippen LogP) is 4.17. The van der Waals surface area contributed by atoms with Gasteiger partial charge in [-0.3, -0.25) is 9.59 Å². The van der Waals surface area contributed by atoms with E-state index in [9.17, 15) is 18.0 Å². The van der Waals surface area contributed by atoms with Crippen LogP contribution in [0.1, 0.15) is 38.5 Å². The van der Waals surface area contributed by atoms with Crippen LogP contribution in [0.2, 0.25) is 0 Å². The van der Waals surface area contributed by atoms with Gasteiger partial charge in [-0.1, -0.05) is 50.3 Å². The number of thiazole rings is 1. The summed E-state index contributed by atoms with van der Waals surface area (Å²) in [6.45, 7) is 0.0852. The van der Waals surface area contributed by atoms with Gasteiger partial charge in [0.05, 0.1) is 6.54 Å². The number of aromatic nitrogens is 1. The first-order chi connectivity index (χ1) is 16.9. The summed E-state index contributed by atoms with van der Waals surface area (Å²) >= 11 is 2.54. The lowest BCUT2D eigenvalue weighted by Crippen LogP contribution is -2.58. The number of amides is 2. The van der Waals surface area contributed by atoms with E-state index in [0.29, 0.717) is 17.5 Å². The number of piperazine rings is 1. The van der Waals surface area contributed by atoms with Crippen LogP contribution >= 0.6 is 22.7 Å². The van der Waals surface area contributed by atoms with Gasteiger partial charge in [-0.25, -0.2) is 13.4 Å². The molecule has 2 amide bonds. The molecule has 1 aromatic carbocycles. The normalized spacial score (nSPS) is 19.2. The van der Waals surface area contributed by atoms with E-state index in [1.54, 1.807) is 22.5 Å². The Morgan fingerprint density at radius 2 is 1.97 bits per heavy atom.